The number of carbonyl (C=O) groups is 1. The van der Waals surface area contributed by atoms with Crippen molar-refractivity contribution in [3.63, 3.8) is 0 Å². The van der Waals surface area contributed by atoms with Crippen molar-refractivity contribution in [2.24, 2.45) is 11.8 Å². The summed E-state index contributed by atoms with van der Waals surface area (Å²) in [6.07, 6.45) is 8.55. The average molecular weight is 288 g/mol. The van der Waals surface area contributed by atoms with E-state index in [1.165, 1.54) is 32.1 Å². The molecular weight excluding hydrogens is 258 g/mol. The van der Waals surface area contributed by atoms with Crippen LogP contribution in [0.2, 0.25) is 0 Å². The maximum Gasteiger partial charge on any atom is 0.225 e. The zero-order valence-corrected chi connectivity index (χ0v) is 13.8. The fourth-order valence-electron chi connectivity index (χ4n) is 2.85. The van der Waals surface area contributed by atoms with Gasteiger partial charge in [-0.2, -0.15) is 0 Å². The van der Waals surface area contributed by atoms with Crippen LogP contribution in [-0.4, -0.2) is 29.3 Å². The molecular formula is C16H30ClNO. The van der Waals surface area contributed by atoms with Crippen molar-refractivity contribution in [3.05, 3.63) is 0 Å². The number of hydrogen-bond donors (Lipinski definition) is 0. The first-order chi connectivity index (χ1) is 8.92. The van der Waals surface area contributed by atoms with E-state index in [-0.39, 0.29) is 11.5 Å². The van der Waals surface area contributed by atoms with Gasteiger partial charge in [-0.05, 0) is 45.4 Å². The van der Waals surface area contributed by atoms with E-state index in [2.05, 4.69) is 6.92 Å². The Morgan fingerprint density at radius 2 is 1.84 bits per heavy atom. The molecule has 0 N–H and O–H groups in total. The van der Waals surface area contributed by atoms with Crippen molar-refractivity contribution in [1.82, 2.24) is 4.90 Å². The van der Waals surface area contributed by atoms with Gasteiger partial charge < -0.3 is 4.90 Å². The van der Waals surface area contributed by atoms with Gasteiger partial charge in [0.2, 0.25) is 5.91 Å². The van der Waals surface area contributed by atoms with Crippen LogP contribution in [-0.2, 0) is 4.79 Å². The van der Waals surface area contributed by atoms with Crippen LogP contribution >= 0.6 is 11.6 Å². The summed E-state index contributed by atoms with van der Waals surface area (Å²) in [5.74, 6) is 1.86. The molecule has 112 valence electrons. The normalized spacial score (nSPS) is 24.3. The SMILES string of the molecule is CCCCC1CCC(C(=O)N(C)C(C)(C)CCl)CC1. The lowest BCUT2D eigenvalue weighted by Gasteiger charge is -2.38. The first kappa shape index (κ1) is 16.8. The van der Waals surface area contributed by atoms with Gasteiger partial charge >= 0.3 is 0 Å². The van der Waals surface area contributed by atoms with Gasteiger partial charge in [-0.25, -0.2) is 0 Å². The van der Waals surface area contributed by atoms with Gasteiger partial charge in [-0.3, -0.25) is 4.79 Å². The Morgan fingerprint density at radius 1 is 1.26 bits per heavy atom. The lowest BCUT2D eigenvalue weighted by atomic mass is 9.79. The summed E-state index contributed by atoms with van der Waals surface area (Å²) in [6, 6.07) is 0. The summed E-state index contributed by atoms with van der Waals surface area (Å²) in [4.78, 5) is 14.3. The summed E-state index contributed by atoms with van der Waals surface area (Å²) in [6.45, 7) is 6.31. The summed E-state index contributed by atoms with van der Waals surface area (Å²) in [7, 11) is 1.90. The molecule has 0 atom stereocenters. The first-order valence-corrected chi connectivity index (χ1v) is 8.29. The summed E-state index contributed by atoms with van der Waals surface area (Å²) in [5, 5.41) is 0. The quantitative estimate of drug-likeness (QED) is 0.661. The van der Waals surface area contributed by atoms with E-state index in [1.807, 2.05) is 25.8 Å². The molecule has 0 bridgehead atoms. The van der Waals surface area contributed by atoms with Gasteiger partial charge in [0.05, 0.1) is 5.54 Å². The topological polar surface area (TPSA) is 20.3 Å². The molecule has 1 amide bonds. The molecule has 1 saturated carbocycles. The second-order valence-electron chi connectivity index (χ2n) is 6.70. The monoisotopic (exact) mass is 287 g/mol. The Hall–Kier alpha value is -0.240. The minimum absolute atomic E-state index is 0.227. The van der Waals surface area contributed by atoms with Gasteiger partial charge in [-0.1, -0.05) is 26.2 Å². The van der Waals surface area contributed by atoms with E-state index >= 15 is 0 Å². The maximum atomic E-state index is 12.5. The fourth-order valence-corrected chi connectivity index (χ4v) is 3.03. The Labute approximate surface area is 123 Å². The molecule has 0 radical (unpaired) electrons. The van der Waals surface area contributed by atoms with Crippen LogP contribution in [0.4, 0.5) is 0 Å². The molecule has 0 aromatic rings. The molecule has 19 heavy (non-hydrogen) atoms. The minimum Gasteiger partial charge on any atom is -0.339 e. The zero-order chi connectivity index (χ0) is 14.5. The number of alkyl halides is 1. The lowest BCUT2D eigenvalue weighted by Crippen LogP contribution is -2.49. The largest absolute Gasteiger partial charge is 0.339 e. The molecule has 0 aliphatic heterocycles. The number of halogens is 1. The van der Waals surface area contributed by atoms with E-state index in [1.54, 1.807) is 0 Å². The van der Waals surface area contributed by atoms with Crippen LogP contribution in [0, 0.1) is 11.8 Å². The van der Waals surface area contributed by atoms with Gasteiger partial charge in [0.15, 0.2) is 0 Å². The van der Waals surface area contributed by atoms with Crippen molar-refractivity contribution in [2.75, 3.05) is 12.9 Å². The third-order valence-electron chi connectivity index (χ3n) is 4.73. The van der Waals surface area contributed by atoms with Crippen molar-refractivity contribution in [3.8, 4) is 0 Å². The molecule has 0 spiro atoms. The van der Waals surface area contributed by atoms with Crippen LogP contribution in [0.1, 0.15) is 65.7 Å². The van der Waals surface area contributed by atoms with Crippen molar-refractivity contribution < 1.29 is 4.79 Å². The molecule has 1 fully saturated rings. The molecule has 0 aromatic heterocycles. The van der Waals surface area contributed by atoms with E-state index in [9.17, 15) is 4.79 Å². The predicted octanol–water partition coefficient (Wildman–Crippen LogP) is 4.46. The highest BCUT2D eigenvalue weighted by Crippen LogP contribution is 2.33. The average Bonchev–Trinajstić information content (AvgIpc) is 2.44. The van der Waals surface area contributed by atoms with E-state index in [4.69, 9.17) is 11.6 Å². The second kappa shape index (κ2) is 7.52. The van der Waals surface area contributed by atoms with Gasteiger partial charge in [0.1, 0.15) is 0 Å². The number of hydrogen-bond acceptors (Lipinski definition) is 1. The standard InChI is InChI=1S/C16H30ClNO/c1-5-6-7-13-8-10-14(11-9-13)15(19)18(4)16(2,3)12-17/h13-14H,5-12H2,1-4H3. The molecule has 1 aliphatic carbocycles. The smallest absolute Gasteiger partial charge is 0.225 e. The van der Waals surface area contributed by atoms with Crippen LogP contribution in [0.3, 0.4) is 0 Å². The molecule has 0 unspecified atom stereocenters. The Kier molecular flexibility index (Phi) is 6.65. The molecule has 2 nitrogen and oxygen atoms in total. The third-order valence-corrected chi connectivity index (χ3v) is 5.38. The van der Waals surface area contributed by atoms with Crippen LogP contribution in [0.15, 0.2) is 0 Å². The highest BCUT2D eigenvalue weighted by atomic mass is 35.5. The first-order valence-electron chi connectivity index (χ1n) is 7.76. The highest BCUT2D eigenvalue weighted by Gasteiger charge is 2.33. The molecule has 0 saturated heterocycles. The Balaban J connectivity index is 2.44. The lowest BCUT2D eigenvalue weighted by molar-refractivity contribution is -0.139. The molecule has 1 aliphatic rings. The molecule has 0 aromatic carbocycles. The fraction of sp³-hybridized carbons (Fsp3) is 0.938. The number of rotatable bonds is 6. The van der Waals surface area contributed by atoms with E-state index in [0.717, 1.165) is 18.8 Å². The summed E-state index contributed by atoms with van der Waals surface area (Å²) < 4.78 is 0. The van der Waals surface area contributed by atoms with Crippen molar-refractivity contribution in [2.45, 2.75) is 71.3 Å². The number of amides is 1. The number of unbranched alkanes of at least 4 members (excludes halogenated alkanes) is 1. The highest BCUT2D eigenvalue weighted by molar-refractivity contribution is 6.18. The Bertz CT molecular complexity index is 282. The molecule has 1 rings (SSSR count). The Morgan fingerprint density at radius 3 is 2.32 bits per heavy atom. The van der Waals surface area contributed by atoms with Gasteiger partial charge in [0.25, 0.3) is 0 Å². The van der Waals surface area contributed by atoms with Gasteiger partial charge in [-0.15, -0.1) is 11.6 Å². The number of carbonyl (C=O) groups excluding carboxylic acids is 1. The van der Waals surface area contributed by atoms with E-state index < -0.39 is 0 Å². The second-order valence-corrected chi connectivity index (χ2v) is 6.97. The minimum atomic E-state index is -0.238. The number of nitrogens with zero attached hydrogens (tertiary/aromatic N) is 1. The van der Waals surface area contributed by atoms with E-state index in [0.29, 0.717) is 11.8 Å². The van der Waals surface area contributed by atoms with Crippen LogP contribution in [0.5, 0.6) is 0 Å². The van der Waals surface area contributed by atoms with Gasteiger partial charge in [0, 0.05) is 18.8 Å². The van der Waals surface area contributed by atoms with Crippen molar-refractivity contribution >= 4 is 17.5 Å². The molecule has 0 heterocycles. The zero-order valence-electron chi connectivity index (χ0n) is 13.0. The summed E-state index contributed by atoms with van der Waals surface area (Å²) >= 11 is 5.96. The summed E-state index contributed by atoms with van der Waals surface area (Å²) in [5.41, 5.74) is -0.238. The third kappa shape index (κ3) is 4.66. The maximum absolute atomic E-state index is 12.5. The molecule has 3 heteroatoms. The van der Waals surface area contributed by atoms with Crippen LogP contribution < -0.4 is 0 Å². The van der Waals surface area contributed by atoms with Crippen LogP contribution in [0.25, 0.3) is 0 Å². The predicted molar refractivity (Wildman–Crippen MR) is 82.5 cm³/mol. The van der Waals surface area contributed by atoms with Crippen molar-refractivity contribution in [1.29, 1.82) is 0 Å².